The van der Waals surface area contributed by atoms with E-state index in [0.717, 1.165) is 5.16 Å². The number of hydrogen-bond donors (Lipinski definition) is 0. The van der Waals surface area contributed by atoms with E-state index in [1.54, 1.807) is 27.0 Å². The van der Waals surface area contributed by atoms with Crippen LogP contribution in [0.25, 0.3) is 0 Å². The Kier molecular flexibility index (Phi) is 5.22. The molecule has 0 unspecified atom stereocenters. The summed E-state index contributed by atoms with van der Waals surface area (Å²) in [6.07, 6.45) is 3.51. The molecule has 0 saturated heterocycles. The number of hydrogen-bond acceptors (Lipinski definition) is 6. The Bertz CT molecular complexity index is 591. The van der Waals surface area contributed by atoms with E-state index in [-0.39, 0.29) is 17.1 Å². The van der Waals surface area contributed by atoms with Crippen molar-refractivity contribution in [2.24, 2.45) is 0 Å². The van der Waals surface area contributed by atoms with E-state index in [1.807, 2.05) is 24.6 Å². The first-order chi connectivity index (χ1) is 10.3. The first-order valence-corrected chi connectivity index (χ1v) is 9.79. The summed E-state index contributed by atoms with van der Waals surface area (Å²) >= 11 is 1.41. The molecule has 0 radical (unpaired) electrons. The van der Waals surface area contributed by atoms with Crippen molar-refractivity contribution in [1.29, 1.82) is 0 Å². The average Bonchev–Trinajstić information content (AvgIpc) is 2.98. The molecule has 0 N–H and O–H groups in total. The van der Waals surface area contributed by atoms with Crippen LogP contribution in [0.1, 0.15) is 40.7 Å². The number of thioether (sulfide) groups is 1. The highest BCUT2D eigenvalue weighted by molar-refractivity contribution is 8.00. The van der Waals surface area contributed by atoms with E-state index < -0.39 is 12.8 Å². The summed E-state index contributed by atoms with van der Waals surface area (Å²) in [6.45, 7) is 9.40. The van der Waals surface area contributed by atoms with Crippen LogP contribution < -0.4 is 0 Å². The van der Waals surface area contributed by atoms with Crippen molar-refractivity contribution in [3.63, 3.8) is 0 Å². The molecular formula is C14H23N2O4PS. The normalized spacial score (nSPS) is 21.9. The summed E-state index contributed by atoms with van der Waals surface area (Å²) in [7, 11) is -3.39. The first kappa shape index (κ1) is 17.7. The molecule has 0 fully saturated rings. The molecule has 1 aromatic rings. The topological polar surface area (TPSA) is 70.4 Å². The lowest BCUT2D eigenvalue weighted by Crippen LogP contribution is -2.40. The van der Waals surface area contributed by atoms with Crippen LogP contribution in [-0.2, 0) is 18.4 Å². The van der Waals surface area contributed by atoms with Crippen LogP contribution in [-0.4, -0.2) is 39.0 Å². The molecule has 2 rings (SSSR count). The van der Waals surface area contributed by atoms with E-state index in [9.17, 15) is 9.36 Å². The SMILES string of the molecule is CCOP(=O)(OCC)C(C)(C)[C@H]1[C@H](C(C)=O)Sc2nccn21. The molecule has 0 bridgehead atoms. The molecule has 2 heterocycles. The fraction of sp³-hybridized carbons (Fsp3) is 0.714. The third kappa shape index (κ3) is 2.80. The molecule has 0 spiro atoms. The van der Waals surface area contributed by atoms with Crippen molar-refractivity contribution in [3.8, 4) is 0 Å². The summed E-state index contributed by atoms with van der Waals surface area (Å²) in [4.78, 5) is 16.3. The molecule has 6 nitrogen and oxygen atoms in total. The van der Waals surface area contributed by atoms with Crippen molar-refractivity contribution in [3.05, 3.63) is 12.4 Å². The second-order valence-corrected chi connectivity index (χ2v) is 9.47. The molecule has 1 aliphatic heterocycles. The fourth-order valence-electron chi connectivity index (χ4n) is 2.81. The minimum Gasteiger partial charge on any atom is -0.320 e. The molecule has 1 aliphatic rings. The number of imidazole rings is 1. The van der Waals surface area contributed by atoms with Gasteiger partial charge in [-0.1, -0.05) is 11.8 Å². The molecule has 124 valence electrons. The summed E-state index contributed by atoms with van der Waals surface area (Å²) in [5.74, 6) is 0.0353. The molecule has 2 atom stereocenters. The summed E-state index contributed by atoms with van der Waals surface area (Å²) in [5.41, 5.74) is 0. The maximum absolute atomic E-state index is 13.3. The molecule has 0 aromatic carbocycles. The van der Waals surface area contributed by atoms with Crippen molar-refractivity contribution >= 4 is 25.1 Å². The monoisotopic (exact) mass is 346 g/mol. The molecule has 0 saturated carbocycles. The number of ketones is 1. The molecule has 0 aliphatic carbocycles. The van der Waals surface area contributed by atoms with Crippen LogP contribution in [0.5, 0.6) is 0 Å². The largest absolute Gasteiger partial charge is 0.338 e. The predicted molar refractivity (Wildman–Crippen MR) is 86.5 cm³/mol. The predicted octanol–water partition coefficient (Wildman–Crippen LogP) is 3.53. The number of aromatic nitrogens is 2. The van der Waals surface area contributed by atoms with E-state index >= 15 is 0 Å². The van der Waals surface area contributed by atoms with Gasteiger partial charge in [0, 0.05) is 12.4 Å². The van der Waals surface area contributed by atoms with Crippen molar-refractivity contribution in [2.45, 2.75) is 56.2 Å². The highest BCUT2D eigenvalue weighted by Crippen LogP contribution is 2.66. The molecule has 8 heteroatoms. The molecule has 1 aromatic heterocycles. The first-order valence-electron chi connectivity index (χ1n) is 7.37. The lowest BCUT2D eigenvalue weighted by Gasteiger charge is -2.39. The Hall–Kier alpha value is -0.620. The quantitative estimate of drug-likeness (QED) is 0.704. The third-order valence-electron chi connectivity index (χ3n) is 3.88. The number of rotatable bonds is 7. The maximum atomic E-state index is 13.3. The van der Waals surface area contributed by atoms with Crippen LogP contribution in [0.2, 0.25) is 0 Å². The summed E-state index contributed by atoms with van der Waals surface area (Å²) in [6, 6.07) is -0.323. The Morgan fingerprint density at radius 2 is 2.00 bits per heavy atom. The van der Waals surface area contributed by atoms with E-state index in [4.69, 9.17) is 9.05 Å². The van der Waals surface area contributed by atoms with Gasteiger partial charge in [-0.05, 0) is 34.6 Å². The minimum absolute atomic E-state index is 0.0353. The number of fused-ring (bicyclic) bond motifs is 1. The smallest absolute Gasteiger partial charge is 0.320 e. The average molecular weight is 346 g/mol. The Labute approximate surface area is 135 Å². The van der Waals surface area contributed by atoms with Gasteiger partial charge in [-0.3, -0.25) is 9.36 Å². The van der Waals surface area contributed by atoms with Crippen molar-refractivity contribution < 1.29 is 18.4 Å². The Morgan fingerprint density at radius 3 is 2.50 bits per heavy atom. The lowest BCUT2D eigenvalue weighted by molar-refractivity contribution is -0.117. The number of carbonyl (C=O) groups is 1. The van der Waals surface area contributed by atoms with Crippen LogP contribution in [0.3, 0.4) is 0 Å². The second-order valence-electron chi connectivity index (χ2n) is 5.70. The molecule has 0 amide bonds. The van der Waals surface area contributed by atoms with Gasteiger partial charge in [0.1, 0.15) is 5.78 Å². The second kappa shape index (κ2) is 6.48. The van der Waals surface area contributed by atoms with Crippen molar-refractivity contribution in [2.75, 3.05) is 13.2 Å². The summed E-state index contributed by atoms with van der Waals surface area (Å²) < 4.78 is 26.3. The third-order valence-corrected chi connectivity index (χ3v) is 8.12. The maximum Gasteiger partial charge on any atom is 0.338 e. The van der Waals surface area contributed by atoms with Crippen LogP contribution >= 0.6 is 19.4 Å². The number of Topliss-reactive ketones (excluding diaryl/α,β-unsaturated/α-hetero) is 1. The highest BCUT2D eigenvalue weighted by atomic mass is 32.2. The summed E-state index contributed by atoms with van der Waals surface area (Å²) in [5, 5.41) is -0.431. The van der Waals surface area contributed by atoms with E-state index in [0.29, 0.717) is 13.2 Å². The standard InChI is InChI=1S/C14H23N2O4PS/c1-6-19-21(18,20-7-2)14(4,5)12-11(10(3)17)22-13-15-8-9-16(12)13/h8-9,11-12H,6-7H2,1-5H3/t11-,12+/m0/s1. The van der Waals surface area contributed by atoms with Gasteiger partial charge in [0.05, 0.1) is 29.7 Å². The lowest BCUT2D eigenvalue weighted by atomic mass is 9.97. The zero-order valence-corrected chi connectivity index (χ0v) is 15.3. The van der Waals surface area contributed by atoms with Crippen molar-refractivity contribution in [1.82, 2.24) is 9.55 Å². The van der Waals surface area contributed by atoms with Gasteiger partial charge < -0.3 is 13.6 Å². The zero-order chi connectivity index (χ0) is 16.5. The van der Waals surface area contributed by atoms with Gasteiger partial charge in [0.15, 0.2) is 5.16 Å². The van der Waals surface area contributed by atoms with Gasteiger partial charge in [0.2, 0.25) is 0 Å². The fourth-order valence-corrected chi connectivity index (χ4v) is 6.34. The molecular weight excluding hydrogens is 323 g/mol. The number of nitrogens with zero attached hydrogens (tertiary/aromatic N) is 2. The Morgan fingerprint density at radius 1 is 1.41 bits per heavy atom. The van der Waals surface area contributed by atoms with Crippen LogP contribution in [0, 0.1) is 0 Å². The van der Waals surface area contributed by atoms with Crippen LogP contribution in [0.15, 0.2) is 17.6 Å². The number of carbonyl (C=O) groups excluding carboxylic acids is 1. The van der Waals surface area contributed by atoms with E-state index in [2.05, 4.69) is 4.98 Å². The molecule has 22 heavy (non-hydrogen) atoms. The zero-order valence-electron chi connectivity index (χ0n) is 13.6. The van der Waals surface area contributed by atoms with Gasteiger partial charge >= 0.3 is 7.60 Å². The van der Waals surface area contributed by atoms with Gasteiger partial charge in [0.25, 0.3) is 0 Å². The highest BCUT2D eigenvalue weighted by Gasteiger charge is 2.56. The van der Waals surface area contributed by atoms with E-state index in [1.165, 1.54) is 11.8 Å². The Balaban J connectivity index is 2.49. The van der Waals surface area contributed by atoms with Gasteiger partial charge in [-0.15, -0.1) is 0 Å². The van der Waals surface area contributed by atoms with Gasteiger partial charge in [-0.25, -0.2) is 4.98 Å². The minimum atomic E-state index is -3.39. The van der Waals surface area contributed by atoms with Crippen LogP contribution in [0.4, 0.5) is 0 Å². The van der Waals surface area contributed by atoms with Gasteiger partial charge in [-0.2, -0.15) is 0 Å².